The van der Waals surface area contributed by atoms with Gasteiger partial charge in [-0.15, -0.1) is 0 Å². The molecule has 0 aliphatic rings. The summed E-state index contributed by atoms with van der Waals surface area (Å²) >= 11 is 0. The van der Waals surface area contributed by atoms with Crippen molar-refractivity contribution in [2.45, 2.75) is 13.0 Å². The molecular formula is C21H23N3O4. The fraction of sp³-hybridized carbons (Fsp3) is 0.286. The van der Waals surface area contributed by atoms with Crippen LogP contribution < -0.4 is 5.32 Å². The number of carbonyl (C=O) groups excluding carboxylic acids is 2. The maximum atomic E-state index is 11.8. The summed E-state index contributed by atoms with van der Waals surface area (Å²) in [6, 6.07) is 15.6. The van der Waals surface area contributed by atoms with Crippen molar-refractivity contribution in [3.8, 4) is 0 Å². The molecule has 7 heteroatoms. The molecule has 0 bridgehead atoms. The number of ether oxygens (including phenoxy) is 2. The number of aromatic nitrogens is 2. The van der Waals surface area contributed by atoms with E-state index in [1.807, 2.05) is 55.6 Å². The summed E-state index contributed by atoms with van der Waals surface area (Å²) in [7, 11) is 4.51. The minimum atomic E-state index is -0.964. The van der Waals surface area contributed by atoms with Gasteiger partial charge in [0.05, 0.1) is 31.8 Å². The molecule has 0 aliphatic carbocycles. The second-order valence-electron chi connectivity index (χ2n) is 6.43. The zero-order valence-corrected chi connectivity index (χ0v) is 16.1. The van der Waals surface area contributed by atoms with E-state index in [9.17, 15) is 9.59 Å². The van der Waals surface area contributed by atoms with Crippen molar-refractivity contribution >= 4 is 28.7 Å². The molecule has 0 unspecified atom stereocenters. The van der Waals surface area contributed by atoms with Crippen LogP contribution in [-0.4, -0.2) is 35.7 Å². The van der Waals surface area contributed by atoms with Crippen molar-refractivity contribution in [2.75, 3.05) is 19.5 Å². The number of methoxy groups -OCH3 is 2. The number of hydrogen-bond acceptors (Lipinski definition) is 6. The van der Waals surface area contributed by atoms with Gasteiger partial charge in [-0.25, -0.2) is 4.98 Å². The summed E-state index contributed by atoms with van der Waals surface area (Å²) in [4.78, 5) is 28.2. The summed E-state index contributed by atoms with van der Waals surface area (Å²) in [5.41, 5.74) is 3.82. The summed E-state index contributed by atoms with van der Waals surface area (Å²) < 4.78 is 11.5. The first-order valence-corrected chi connectivity index (χ1v) is 8.92. The Morgan fingerprint density at radius 2 is 1.68 bits per heavy atom. The van der Waals surface area contributed by atoms with Crippen LogP contribution in [0.2, 0.25) is 0 Å². The minimum Gasteiger partial charge on any atom is -0.468 e. The molecule has 2 aromatic carbocycles. The predicted octanol–water partition coefficient (Wildman–Crippen LogP) is 2.69. The summed E-state index contributed by atoms with van der Waals surface area (Å²) in [5.74, 6) is -1.23. The lowest BCUT2D eigenvalue weighted by atomic mass is 9.99. The number of aryl methyl sites for hydroxylation is 1. The van der Waals surface area contributed by atoms with Gasteiger partial charge < -0.3 is 19.4 Å². The van der Waals surface area contributed by atoms with Crippen molar-refractivity contribution in [2.24, 2.45) is 13.0 Å². The Kier molecular flexibility index (Phi) is 5.93. The number of esters is 2. The Balaban J connectivity index is 1.66. The van der Waals surface area contributed by atoms with Crippen LogP contribution in [0.25, 0.3) is 11.0 Å². The molecule has 1 aromatic heterocycles. The highest BCUT2D eigenvalue weighted by Gasteiger charge is 2.28. The molecular weight excluding hydrogens is 358 g/mol. The molecule has 0 radical (unpaired) electrons. The number of fused-ring (bicyclic) bond motifs is 1. The quantitative estimate of drug-likeness (QED) is 0.501. The molecule has 0 saturated carbocycles. The normalized spacial score (nSPS) is 10.9. The van der Waals surface area contributed by atoms with E-state index in [2.05, 4.69) is 14.9 Å². The molecule has 1 N–H and O–H groups in total. The number of anilines is 1. The molecule has 3 aromatic rings. The topological polar surface area (TPSA) is 82.5 Å². The third kappa shape index (κ3) is 4.14. The molecule has 0 spiro atoms. The van der Waals surface area contributed by atoms with Crippen LogP contribution in [0.3, 0.4) is 0 Å². The second-order valence-corrected chi connectivity index (χ2v) is 6.43. The number of nitrogens with zero attached hydrogens (tertiary/aromatic N) is 2. The number of nitrogens with one attached hydrogen (secondary N) is 1. The third-order valence-corrected chi connectivity index (χ3v) is 4.70. The van der Waals surface area contributed by atoms with Gasteiger partial charge in [-0.3, -0.25) is 9.59 Å². The lowest BCUT2D eigenvalue weighted by molar-refractivity contribution is -0.158. The van der Waals surface area contributed by atoms with Gasteiger partial charge in [0.15, 0.2) is 5.92 Å². The van der Waals surface area contributed by atoms with Gasteiger partial charge in [0.2, 0.25) is 0 Å². The van der Waals surface area contributed by atoms with Crippen LogP contribution in [0.15, 0.2) is 48.5 Å². The zero-order valence-electron chi connectivity index (χ0n) is 16.1. The van der Waals surface area contributed by atoms with Crippen molar-refractivity contribution in [3.63, 3.8) is 0 Å². The average molecular weight is 381 g/mol. The lowest BCUT2D eigenvalue weighted by Crippen LogP contribution is -2.28. The second kappa shape index (κ2) is 8.56. The first-order valence-electron chi connectivity index (χ1n) is 8.92. The number of para-hydroxylation sites is 2. The first-order chi connectivity index (χ1) is 13.5. The molecule has 0 amide bonds. The Bertz CT molecular complexity index is 963. The maximum Gasteiger partial charge on any atom is 0.320 e. The van der Waals surface area contributed by atoms with E-state index in [-0.39, 0.29) is 6.42 Å². The summed E-state index contributed by atoms with van der Waals surface area (Å²) in [5, 5.41) is 3.34. The third-order valence-electron chi connectivity index (χ3n) is 4.70. The SMILES string of the molecule is COC(=O)C(Cc1ccc(NCc2nc3ccccc3n2C)cc1)C(=O)OC. The van der Waals surface area contributed by atoms with Crippen molar-refractivity contribution < 1.29 is 19.1 Å². The highest BCUT2D eigenvalue weighted by atomic mass is 16.5. The highest BCUT2D eigenvalue weighted by Crippen LogP contribution is 2.18. The fourth-order valence-corrected chi connectivity index (χ4v) is 3.08. The van der Waals surface area contributed by atoms with Gasteiger partial charge in [-0.2, -0.15) is 0 Å². The van der Waals surface area contributed by atoms with E-state index < -0.39 is 17.9 Å². The van der Waals surface area contributed by atoms with Gasteiger partial charge in [0.1, 0.15) is 5.82 Å². The molecule has 146 valence electrons. The monoisotopic (exact) mass is 381 g/mol. The van der Waals surface area contributed by atoms with Gasteiger partial charge in [0.25, 0.3) is 0 Å². The lowest BCUT2D eigenvalue weighted by Gasteiger charge is -2.13. The molecule has 0 saturated heterocycles. The zero-order chi connectivity index (χ0) is 20.1. The van der Waals surface area contributed by atoms with Crippen molar-refractivity contribution in [3.05, 3.63) is 59.9 Å². The molecule has 28 heavy (non-hydrogen) atoms. The number of hydrogen-bond donors (Lipinski definition) is 1. The van der Waals surface area contributed by atoms with E-state index in [4.69, 9.17) is 9.47 Å². The van der Waals surface area contributed by atoms with Crippen LogP contribution in [0, 0.1) is 5.92 Å². The number of imidazole rings is 1. The van der Waals surface area contributed by atoms with Crippen LogP contribution >= 0.6 is 0 Å². The van der Waals surface area contributed by atoms with E-state index in [1.165, 1.54) is 14.2 Å². The smallest absolute Gasteiger partial charge is 0.320 e. The molecule has 7 nitrogen and oxygen atoms in total. The number of benzene rings is 2. The van der Waals surface area contributed by atoms with Crippen LogP contribution in [0.5, 0.6) is 0 Å². The highest BCUT2D eigenvalue weighted by molar-refractivity contribution is 5.95. The van der Waals surface area contributed by atoms with E-state index in [0.717, 1.165) is 28.1 Å². The standard InChI is InChI=1S/C21H23N3O4/c1-24-18-7-5-4-6-17(18)23-19(24)13-22-15-10-8-14(9-11-15)12-16(20(25)27-2)21(26)28-3/h4-11,16,22H,12-13H2,1-3H3. The number of carbonyl (C=O) groups is 2. The van der Waals surface area contributed by atoms with Gasteiger partial charge in [-0.1, -0.05) is 24.3 Å². The summed E-state index contributed by atoms with van der Waals surface area (Å²) in [6.07, 6.45) is 0.227. The Hall–Kier alpha value is -3.35. The average Bonchev–Trinajstić information content (AvgIpc) is 3.06. The van der Waals surface area contributed by atoms with Gasteiger partial charge >= 0.3 is 11.9 Å². The molecule has 1 heterocycles. The fourth-order valence-electron chi connectivity index (χ4n) is 3.08. The van der Waals surface area contributed by atoms with Crippen LogP contribution in [0.4, 0.5) is 5.69 Å². The largest absolute Gasteiger partial charge is 0.468 e. The van der Waals surface area contributed by atoms with Crippen molar-refractivity contribution in [1.29, 1.82) is 0 Å². The summed E-state index contributed by atoms with van der Waals surface area (Å²) in [6.45, 7) is 0.581. The number of rotatable bonds is 7. The molecule has 3 rings (SSSR count). The van der Waals surface area contributed by atoms with Crippen LogP contribution in [-0.2, 0) is 39.1 Å². The van der Waals surface area contributed by atoms with E-state index in [1.54, 1.807) is 0 Å². The molecule has 0 aliphatic heterocycles. The Labute approximate surface area is 163 Å². The molecule has 0 atom stereocenters. The molecule has 0 fully saturated rings. The maximum absolute atomic E-state index is 11.8. The van der Waals surface area contributed by atoms with Crippen molar-refractivity contribution in [1.82, 2.24) is 9.55 Å². The Morgan fingerprint density at radius 1 is 1.04 bits per heavy atom. The van der Waals surface area contributed by atoms with E-state index in [0.29, 0.717) is 6.54 Å². The van der Waals surface area contributed by atoms with Gasteiger partial charge in [0, 0.05) is 12.7 Å². The van der Waals surface area contributed by atoms with Gasteiger partial charge in [-0.05, 0) is 36.2 Å². The predicted molar refractivity (Wildman–Crippen MR) is 106 cm³/mol. The van der Waals surface area contributed by atoms with Crippen LogP contribution in [0.1, 0.15) is 11.4 Å². The minimum absolute atomic E-state index is 0.227. The Morgan fingerprint density at radius 3 is 2.29 bits per heavy atom. The van der Waals surface area contributed by atoms with E-state index >= 15 is 0 Å². The first kappa shape index (κ1) is 19.4.